The van der Waals surface area contributed by atoms with E-state index in [2.05, 4.69) is 5.10 Å². The van der Waals surface area contributed by atoms with E-state index in [1.54, 1.807) is 0 Å². The van der Waals surface area contributed by atoms with Gasteiger partial charge in [0.25, 0.3) is 5.56 Å². The molecule has 1 rings (SSSR count). The third-order valence-corrected chi connectivity index (χ3v) is 2.69. The number of nitrogens with zero attached hydrogens (tertiary/aromatic N) is 2. The monoisotopic (exact) mass is 317 g/mol. The lowest BCUT2D eigenvalue weighted by molar-refractivity contribution is -0.117. The summed E-state index contributed by atoms with van der Waals surface area (Å²) in [4.78, 5) is 11.7. The van der Waals surface area contributed by atoms with Crippen LogP contribution in [0.1, 0.15) is 0 Å². The van der Waals surface area contributed by atoms with Gasteiger partial charge in [0.2, 0.25) is 0 Å². The lowest BCUT2D eigenvalue weighted by Crippen LogP contribution is -2.35. The Morgan fingerprint density at radius 2 is 2.20 bits per heavy atom. The number of rotatable bonds is 7. The molecule has 0 aliphatic carbocycles. The first-order valence-electron chi connectivity index (χ1n) is 5.44. The highest BCUT2D eigenvalue weighted by molar-refractivity contribution is 6.32. The second kappa shape index (κ2) is 6.89. The summed E-state index contributed by atoms with van der Waals surface area (Å²) in [5.41, 5.74) is -0.959. The van der Waals surface area contributed by atoms with Gasteiger partial charge < -0.3 is 10.1 Å². The van der Waals surface area contributed by atoms with Gasteiger partial charge in [-0.25, -0.2) is 13.5 Å². The maximum absolute atomic E-state index is 12.7. The van der Waals surface area contributed by atoms with Gasteiger partial charge in [-0.15, -0.1) is 0 Å². The molecule has 0 atom stereocenters. The molecule has 10 heteroatoms. The van der Waals surface area contributed by atoms with Crippen molar-refractivity contribution in [1.82, 2.24) is 9.78 Å². The van der Waals surface area contributed by atoms with Crippen LogP contribution in [0.25, 0.3) is 0 Å². The standard InChI is InChI=1S/C10H12ClF4N3O2/c1-20-3-2-18-8(19)7(11)6(4-17-18)16-5-10(14,15)9(12)13/h4,9,16H,2-3,5H2,1H3. The smallest absolute Gasteiger partial charge is 0.324 e. The molecule has 114 valence electrons. The summed E-state index contributed by atoms with van der Waals surface area (Å²) in [6, 6.07) is 0. The van der Waals surface area contributed by atoms with E-state index < -0.39 is 29.5 Å². The molecule has 0 aliphatic heterocycles. The van der Waals surface area contributed by atoms with Crippen molar-refractivity contribution < 1.29 is 22.3 Å². The topological polar surface area (TPSA) is 56.1 Å². The molecular formula is C10H12ClF4N3O2. The number of aromatic nitrogens is 2. The molecule has 0 aliphatic rings. The zero-order chi connectivity index (χ0) is 15.3. The summed E-state index contributed by atoms with van der Waals surface area (Å²) >= 11 is 5.68. The maximum atomic E-state index is 12.7. The number of alkyl halides is 4. The van der Waals surface area contributed by atoms with Gasteiger partial charge in [-0.05, 0) is 0 Å². The fraction of sp³-hybridized carbons (Fsp3) is 0.600. The first kappa shape index (κ1) is 16.7. The van der Waals surface area contributed by atoms with Crippen molar-refractivity contribution in [2.45, 2.75) is 18.9 Å². The Kier molecular flexibility index (Phi) is 5.75. The number of nitrogens with one attached hydrogen (secondary N) is 1. The van der Waals surface area contributed by atoms with Crippen LogP contribution in [0.4, 0.5) is 23.2 Å². The van der Waals surface area contributed by atoms with E-state index in [1.807, 2.05) is 5.32 Å². The van der Waals surface area contributed by atoms with Crippen molar-refractivity contribution in [3.8, 4) is 0 Å². The van der Waals surface area contributed by atoms with E-state index in [-0.39, 0.29) is 18.8 Å². The molecule has 1 N–H and O–H groups in total. The predicted octanol–water partition coefficient (Wildman–Crippen LogP) is 1.86. The molecule has 0 unspecified atom stereocenters. The van der Waals surface area contributed by atoms with Gasteiger partial charge in [0.05, 0.1) is 31.6 Å². The minimum absolute atomic E-state index is 0.128. The Morgan fingerprint density at radius 3 is 2.75 bits per heavy atom. The fourth-order valence-electron chi connectivity index (χ4n) is 1.22. The summed E-state index contributed by atoms with van der Waals surface area (Å²) in [6.07, 6.45) is -2.80. The highest BCUT2D eigenvalue weighted by Gasteiger charge is 2.40. The zero-order valence-electron chi connectivity index (χ0n) is 10.4. The predicted molar refractivity (Wildman–Crippen MR) is 64.8 cm³/mol. The molecule has 5 nitrogen and oxygen atoms in total. The summed E-state index contributed by atoms with van der Waals surface area (Å²) in [5.74, 6) is -4.23. The number of hydrogen-bond donors (Lipinski definition) is 1. The lowest BCUT2D eigenvalue weighted by atomic mass is 10.3. The van der Waals surface area contributed by atoms with Crippen molar-refractivity contribution in [2.24, 2.45) is 0 Å². The zero-order valence-corrected chi connectivity index (χ0v) is 11.1. The molecule has 0 saturated heterocycles. The molecule has 1 heterocycles. The number of methoxy groups -OCH3 is 1. The highest BCUT2D eigenvalue weighted by atomic mass is 35.5. The van der Waals surface area contributed by atoms with Gasteiger partial charge in [0.1, 0.15) is 5.02 Å². The SMILES string of the molecule is COCCn1ncc(NCC(F)(F)C(F)F)c(Cl)c1=O. The molecule has 0 bridgehead atoms. The largest absolute Gasteiger partial charge is 0.383 e. The quantitative estimate of drug-likeness (QED) is 0.780. The number of halogens is 5. The van der Waals surface area contributed by atoms with Crippen molar-refractivity contribution in [3.63, 3.8) is 0 Å². The molecule has 1 aromatic rings. The molecule has 0 aromatic carbocycles. The van der Waals surface area contributed by atoms with Crippen molar-refractivity contribution in [3.05, 3.63) is 21.6 Å². The highest BCUT2D eigenvalue weighted by Crippen LogP contribution is 2.24. The second-order valence-electron chi connectivity index (χ2n) is 3.81. The molecule has 0 fully saturated rings. The van der Waals surface area contributed by atoms with Crippen LogP contribution >= 0.6 is 11.6 Å². The van der Waals surface area contributed by atoms with E-state index in [1.165, 1.54) is 7.11 Å². The number of ether oxygens (including phenoxy) is 1. The molecule has 20 heavy (non-hydrogen) atoms. The Balaban J connectivity index is 2.83. The Labute approximate surface area is 116 Å². The van der Waals surface area contributed by atoms with Crippen molar-refractivity contribution in [1.29, 1.82) is 0 Å². The van der Waals surface area contributed by atoms with Gasteiger partial charge >= 0.3 is 12.3 Å². The molecular weight excluding hydrogens is 306 g/mol. The Hall–Kier alpha value is -1.35. The third kappa shape index (κ3) is 4.07. The second-order valence-corrected chi connectivity index (χ2v) is 4.19. The van der Waals surface area contributed by atoms with Crippen LogP contribution in [0.5, 0.6) is 0 Å². The summed E-state index contributed by atoms with van der Waals surface area (Å²) < 4.78 is 55.2. The first-order chi connectivity index (χ1) is 9.29. The van der Waals surface area contributed by atoms with E-state index in [0.29, 0.717) is 0 Å². The summed E-state index contributed by atoms with van der Waals surface area (Å²) in [5, 5.41) is 5.25. The van der Waals surface area contributed by atoms with E-state index in [0.717, 1.165) is 10.9 Å². The summed E-state index contributed by atoms with van der Waals surface area (Å²) in [6.45, 7) is -1.02. The van der Waals surface area contributed by atoms with Crippen LogP contribution in [0.3, 0.4) is 0 Å². The van der Waals surface area contributed by atoms with Crippen LogP contribution < -0.4 is 10.9 Å². The first-order valence-corrected chi connectivity index (χ1v) is 5.81. The van der Waals surface area contributed by atoms with Crippen LogP contribution in [0.2, 0.25) is 5.02 Å². The van der Waals surface area contributed by atoms with Crippen LogP contribution in [0, 0.1) is 0 Å². The van der Waals surface area contributed by atoms with Crippen LogP contribution in [0.15, 0.2) is 11.0 Å². The van der Waals surface area contributed by atoms with Crippen LogP contribution in [-0.2, 0) is 11.3 Å². The van der Waals surface area contributed by atoms with Gasteiger partial charge in [0, 0.05) is 7.11 Å². The van der Waals surface area contributed by atoms with E-state index >= 15 is 0 Å². The lowest BCUT2D eigenvalue weighted by Gasteiger charge is -2.17. The van der Waals surface area contributed by atoms with Crippen LogP contribution in [-0.4, -0.2) is 42.4 Å². The fourth-order valence-corrected chi connectivity index (χ4v) is 1.43. The third-order valence-electron chi connectivity index (χ3n) is 2.33. The molecule has 0 amide bonds. The molecule has 0 radical (unpaired) electrons. The minimum Gasteiger partial charge on any atom is -0.383 e. The van der Waals surface area contributed by atoms with Gasteiger partial charge in [0.15, 0.2) is 0 Å². The normalized spacial score (nSPS) is 11.9. The minimum atomic E-state index is -4.23. The van der Waals surface area contributed by atoms with Gasteiger partial charge in [-0.1, -0.05) is 11.6 Å². The average molecular weight is 318 g/mol. The van der Waals surface area contributed by atoms with Gasteiger partial charge in [-0.2, -0.15) is 13.9 Å². The molecule has 1 aromatic heterocycles. The summed E-state index contributed by atoms with van der Waals surface area (Å²) in [7, 11) is 1.43. The van der Waals surface area contributed by atoms with Crippen molar-refractivity contribution >= 4 is 17.3 Å². The number of hydrogen-bond acceptors (Lipinski definition) is 4. The average Bonchev–Trinajstić information content (AvgIpc) is 2.39. The Bertz CT molecular complexity index is 510. The maximum Gasteiger partial charge on any atom is 0.324 e. The molecule has 0 saturated carbocycles. The van der Waals surface area contributed by atoms with E-state index in [4.69, 9.17) is 16.3 Å². The van der Waals surface area contributed by atoms with Crippen molar-refractivity contribution in [2.75, 3.05) is 25.6 Å². The van der Waals surface area contributed by atoms with Gasteiger partial charge in [-0.3, -0.25) is 4.79 Å². The Morgan fingerprint density at radius 1 is 1.55 bits per heavy atom. The van der Waals surface area contributed by atoms with E-state index in [9.17, 15) is 22.4 Å². The number of anilines is 1. The molecule has 0 spiro atoms.